The third-order valence-electron chi connectivity index (χ3n) is 2.19. The predicted molar refractivity (Wildman–Crippen MR) is 55.5 cm³/mol. The van der Waals surface area contributed by atoms with Gasteiger partial charge in [-0.3, -0.25) is 4.79 Å². The van der Waals surface area contributed by atoms with Crippen LogP contribution in [-0.2, 0) is 14.3 Å². The van der Waals surface area contributed by atoms with Crippen molar-refractivity contribution in [3.63, 3.8) is 0 Å². The summed E-state index contributed by atoms with van der Waals surface area (Å²) in [5.74, 6) is -2.93. The Morgan fingerprint density at radius 2 is 1.56 bits per heavy atom. The molecule has 104 valence electrons. The van der Waals surface area contributed by atoms with Crippen LogP contribution in [0.25, 0.3) is 0 Å². The molecule has 18 heavy (non-hydrogen) atoms. The highest BCUT2D eigenvalue weighted by Gasteiger charge is 2.72. The van der Waals surface area contributed by atoms with E-state index in [1.807, 2.05) is 0 Å². The van der Waals surface area contributed by atoms with Crippen molar-refractivity contribution in [2.24, 2.45) is 0 Å². The van der Waals surface area contributed by atoms with Gasteiger partial charge in [-0.1, -0.05) is 0 Å². The van der Waals surface area contributed by atoms with Crippen LogP contribution in [0.2, 0.25) is 0 Å². The molecule has 0 saturated heterocycles. The number of ketones is 1. The lowest BCUT2D eigenvalue weighted by molar-refractivity contribution is -0.259. The molecule has 0 aromatic heterocycles. The normalized spacial score (nSPS) is 24.7. The summed E-state index contributed by atoms with van der Waals surface area (Å²) in [6.45, 7) is 6.08. The Morgan fingerprint density at radius 1 is 1.11 bits per heavy atom. The molecule has 0 bridgehead atoms. The van der Waals surface area contributed by atoms with Crippen LogP contribution in [0.5, 0.6) is 0 Å². The second-order valence-corrected chi connectivity index (χ2v) is 4.53. The number of carbonyl (C=O) groups excluding carboxylic acids is 1. The number of hydrogen-bond donors (Lipinski definition) is 1. The fourth-order valence-corrected chi connectivity index (χ4v) is 1.45. The fourth-order valence-electron chi connectivity index (χ4n) is 1.45. The van der Waals surface area contributed by atoms with E-state index in [1.54, 1.807) is 13.8 Å². The second kappa shape index (κ2) is 4.46. The van der Waals surface area contributed by atoms with Crippen molar-refractivity contribution >= 4 is 5.78 Å². The van der Waals surface area contributed by atoms with Crippen LogP contribution in [0, 0.1) is 0 Å². The maximum absolute atomic E-state index is 12.7. The molecule has 1 aliphatic carbocycles. The highest BCUT2D eigenvalue weighted by Crippen LogP contribution is 2.48. The van der Waals surface area contributed by atoms with E-state index in [0.29, 0.717) is 0 Å². The van der Waals surface area contributed by atoms with Gasteiger partial charge in [0.05, 0.1) is 12.2 Å². The molecule has 4 nitrogen and oxygen atoms in total. The van der Waals surface area contributed by atoms with E-state index in [-0.39, 0.29) is 0 Å². The predicted octanol–water partition coefficient (Wildman–Crippen LogP) is 1.92. The maximum Gasteiger partial charge on any atom is 0.432 e. The third-order valence-corrected chi connectivity index (χ3v) is 2.19. The molecule has 1 aliphatic rings. The summed E-state index contributed by atoms with van der Waals surface area (Å²) in [5.41, 5.74) is -3.58. The first kappa shape index (κ1) is 14.8. The zero-order valence-corrected chi connectivity index (χ0v) is 10.5. The summed E-state index contributed by atoms with van der Waals surface area (Å²) >= 11 is 0. The molecular formula is C11H15F3O4. The first-order valence-electron chi connectivity index (χ1n) is 5.43. The van der Waals surface area contributed by atoms with Gasteiger partial charge in [0.25, 0.3) is 5.60 Å². The van der Waals surface area contributed by atoms with Crippen LogP contribution < -0.4 is 0 Å². The minimum absolute atomic E-state index is 0.493. The van der Waals surface area contributed by atoms with E-state index >= 15 is 0 Å². The van der Waals surface area contributed by atoms with Gasteiger partial charge in [0.1, 0.15) is 0 Å². The summed E-state index contributed by atoms with van der Waals surface area (Å²) in [6, 6.07) is 0. The number of carbonyl (C=O) groups is 1. The van der Waals surface area contributed by atoms with Crippen LogP contribution in [0.15, 0.2) is 11.5 Å². The molecule has 0 spiro atoms. The Morgan fingerprint density at radius 3 is 1.89 bits per heavy atom. The van der Waals surface area contributed by atoms with Crippen LogP contribution in [-0.4, -0.2) is 34.9 Å². The molecule has 1 unspecified atom stereocenters. The quantitative estimate of drug-likeness (QED) is 0.846. The van der Waals surface area contributed by atoms with Crippen molar-refractivity contribution in [2.45, 2.75) is 51.7 Å². The summed E-state index contributed by atoms with van der Waals surface area (Å²) in [4.78, 5) is 11.4. The lowest BCUT2D eigenvalue weighted by Gasteiger charge is -2.40. The van der Waals surface area contributed by atoms with Crippen molar-refractivity contribution in [3.8, 4) is 0 Å². The molecule has 7 heteroatoms. The van der Waals surface area contributed by atoms with Gasteiger partial charge in [0.2, 0.25) is 11.5 Å². The minimum Gasteiger partial charge on any atom is -0.487 e. The molecule has 0 radical (unpaired) electrons. The van der Waals surface area contributed by atoms with Crippen molar-refractivity contribution in [1.82, 2.24) is 0 Å². The maximum atomic E-state index is 12.7. The number of halogens is 3. The standard InChI is InChI=1S/C11H15F3O4/c1-5(2)17-7-8(15)10(16,11(12,13)14)9(7)18-6(3)4/h5-6,16H,1-4H3. The number of rotatable bonds is 4. The fraction of sp³-hybridized carbons (Fsp3) is 0.727. The number of aliphatic hydroxyl groups is 1. The minimum atomic E-state index is -5.13. The molecule has 0 saturated carbocycles. The smallest absolute Gasteiger partial charge is 0.432 e. The Hall–Kier alpha value is -1.24. The summed E-state index contributed by atoms with van der Waals surface area (Å²) < 4.78 is 47.9. The van der Waals surface area contributed by atoms with E-state index in [4.69, 9.17) is 9.47 Å². The van der Waals surface area contributed by atoms with Gasteiger partial charge in [0, 0.05) is 0 Å². The molecule has 1 atom stereocenters. The molecule has 0 aliphatic heterocycles. The van der Waals surface area contributed by atoms with Gasteiger partial charge in [-0.2, -0.15) is 13.2 Å². The van der Waals surface area contributed by atoms with Crippen LogP contribution >= 0.6 is 0 Å². The van der Waals surface area contributed by atoms with E-state index < -0.39 is 41.3 Å². The summed E-state index contributed by atoms with van der Waals surface area (Å²) in [5, 5.41) is 9.47. The summed E-state index contributed by atoms with van der Waals surface area (Å²) in [6.07, 6.45) is -6.24. The molecule has 0 aromatic rings. The van der Waals surface area contributed by atoms with Gasteiger partial charge in [-0.05, 0) is 27.7 Å². The zero-order chi connectivity index (χ0) is 14.3. The highest BCUT2D eigenvalue weighted by atomic mass is 19.4. The third kappa shape index (κ3) is 2.19. The zero-order valence-electron chi connectivity index (χ0n) is 10.5. The molecule has 1 rings (SSSR count). The van der Waals surface area contributed by atoms with E-state index in [0.717, 1.165) is 0 Å². The monoisotopic (exact) mass is 268 g/mol. The molecule has 1 N–H and O–H groups in total. The van der Waals surface area contributed by atoms with Crippen LogP contribution in [0.4, 0.5) is 13.2 Å². The van der Waals surface area contributed by atoms with E-state index in [9.17, 15) is 23.1 Å². The number of hydrogen-bond acceptors (Lipinski definition) is 4. The molecular weight excluding hydrogens is 253 g/mol. The molecule has 0 aromatic carbocycles. The van der Waals surface area contributed by atoms with Crippen LogP contribution in [0.3, 0.4) is 0 Å². The second-order valence-electron chi connectivity index (χ2n) is 4.53. The van der Waals surface area contributed by atoms with Crippen molar-refractivity contribution in [1.29, 1.82) is 0 Å². The van der Waals surface area contributed by atoms with Gasteiger partial charge in [-0.15, -0.1) is 0 Å². The average molecular weight is 268 g/mol. The Bertz CT molecular complexity index is 384. The first-order chi connectivity index (χ1) is 8.01. The van der Waals surface area contributed by atoms with Crippen molar-refractivity contribution in [2.75, 3.05) is 0 Å². The van der Waals surface area contributed by atoms with Gasteiger partial charge in [0.15, 0.2) is 5.76 Å². The average Bonchev–Trinajstić information content (AvgIpc) is 2.19. The highest BCUT2D eigenvalue weighted by molar-refractivity contribution is 6.10. The molecule has 0 amide bonds. The number of alkyl halides is 3. The van der Waals surface area contributed by atoms with Crippen molar-refractivity contribution in [3.05, 3.63) is 11.5 Å². The van der Waals surface area contributed by atoms with Gasteiger partial charge < -0.3 is 14.6 Å². The van der Waals surface area contributed by atoms with Crippen LogP contribution in [0.1, 0.15) is 27.7 Å². The number of ether oxygens (including phenoxy) is 2. The number of Topliss-reactive ketones (excluding diaryl/α,β-unsaturated/α-hetero) is 1. The van der Waals surface area contributed by atoms with E-state index in [2.05, 4.69) is 0 Å². The SMILES string of the molecule is CC(C)OC1=C(OC(C)C)C(O)(C(F)(F)F)C1=O. The van der Waals surface area contributed by atoms with E-state index in [1.165, 1.54) is 13.8 Å². The Kier molecular flexibility index (Phi) is 3.67. The first-order valence-corrected chi connectivity index (χ1v) is 5.43. The Balaban J connectivity index is 3.18. The van der Waals surface area contributed by atoms with Gasteiger partial charge in [-0.25, -0.2) is 0 Å². The lowest BCUT2D eigenvalue weighted by Crippen LogP contribution is -2.62. The Labute approximate surface area is 102 Å². The van der Waals surface area contributed by atoms with Crippen molar-refractivity contribution < 1.29 is 32.5 Å². The largest absolute Gasteiger partial charge is 0.487 e. The van der Waals surface area contributed by atoms with Gasteiger partial charge >= 0.3 is 6.18 Å². The lowest BCUT2D eigenvalue weighted by atomic mass is 9.82. The molecule has 0 heterocycles. The summed E-state index contributed by atoms with van der Waals surface area (Å²) in [7, 11) is 0. The topological polar surface area (TPSA) is 55.8 Å². The molecule has 0 fully saturated rings.